The second-order valence-corrected chi connectivity index (χ2v) is 7.21. The van der Waals surface area contributed by atoms with E-state index < -0.39 is 5.91 Å². The van der Waals surface area contributed by atoms with Crippen molar-refractivity contribution < 1.29 is 14.0 Å². The van der Waals surface area contributed by atoms with Crippen LogP contribution in [0.1, 0.15) is 15.9 Å². The van der Waals surface area contributed by atoms with Crippen molar-refractivity contribution in [2.75, 3.05) is 10.6 Å². The minimum absolute atomic E-state index is 0.0850. The largest absolute Gasteiger partial charge is 0.332 e. The number of hydrogen-bond acceptors (Lipinski definition) is 3. The standard InChI is InChI=1S/C23H17ClFN3O2S/c24-17-7-4-15(5-8-17)6-13-21(29)28-23(31)27-20-3-1-2-16(14-20)22(30)26-19-11-9-18(25)10-12-19/h1-14H,(H,26,30)(H2,27,28,29,31)/b13-6+. The molecule has 0 aliphatic carbocycles. The Morgan fingerprint density at radius 3 is 2.32 bits per heavy atom. The van der Waals surface area contributed by atoms with Crippen molar-refractivity contribution in [1.82, 2.24) is 5.32 Å². The van der Waals surface area contributed by atoms with Gasteiger partial charge in [-0.05, 0) is 78.5 Å². The van der Waals surface area contributed by atoms with Crippen molar-refractivity contribution in [3.63, 3.8) is 0 Å². The van der Waals surface area contributed by atoms with Crippen molar-refractivity contribution in [2.45, 2.75) is 0 Å². The molecule has 0 heterocycles. The fourth-order valence-corrected chi connectivity index (χ4v) is 2.88. The summed E-state index contributed by atoms with van der Waals surface area (Å²) in [5.41, 5.74) is 2.18. The molecule has 3 N–H and O–H groups in total. The number of carbonyl (C=O) groups is 2. The maximum atomic E-state index is 13.0. The molecule has 0 bridgehead atoms. The van der Waals surface area contributed by atoms with Crippen LogP contribution in [0, 0.1) is 5.82 Å². The molecule has 156 valence electrons. The highest BCUT2D eigenvalue weighted by atomic mass is 35.5. The number of amides is 2. The SMILES string of the molecule is O=C(/C=C/c1ccc(Cl)cc1)NC(=S)Nc1cccc(C(=O)Nc2ccc(F)cc2)c1. The molecule has 0 aliphatic heterocycles. The first-order valence-electron chi connectivity index (χ1n) is 9.12. The fourth-order valence-electron chi connectivity index (χ4n) is 2.54. The van der Waals surface area contributed by atoms with Crippen LogP contribution < -0.4 is 16.0 Å². The van der Waals surface area contributed by atoms with Crippen LogP contribution in [0.15, 0.2) is 78.9 Å². The van der Waals surface area contributed by atoms with Gasteiger partial charge in [0.05, 0.1) is 0 Å². The second kappa shape index (κ2) is 10.5. The predicted molar refractivity (Wildman–Crippen MR) is 126 cm³/mol. The second-order valence-electron chi connectivity index (χ2n) is 6.37. The highest BCUT2D eigenvalue weighted by molar-refractivity contribution is 7.80. The number of thiocarbonyl (C=S) groups is 1. The Kier molecular flexibility index (Phi) is 7.48. The highest BCUT2D eigenvalue weighted by Crippen LogP contribution is 2.14. The van der Waals surface area contributed by atoms with E-state index in [1.165, 1.54) is 30.3 Å². The first kappa shape index (κ1) is 22.1. The third-order valence-electron chi connectivity index (χ3n) is 4.02. The lowest BCUT2D eigenvalue weighted by Crippen LogP contribution is -2.32. The van der Waals surface area contributed by atoms with Gasteiger partial charge in [0.15, 0.2) is 5.11 Å². The van der Waals surface area contributed by atoms with E-state index in [4.69, 9.17) is 23.8 Å². The normalized spacial score (nSPS) is 10.5. The van der Waals surface area contributed by atoms with E-state index in [-0.39, 0.29) is 16.8 Å². The molecule has 3 aromatic carbocycles. The number of rotatable bonds is 5. The number of hydrogen-bond donors (Lipinski definition) is 3. The molecule has 0 radical (unpaired) electrons. The van der Waals surface area contributed by atoms with Gasteiger partial charge in [0.25, 0.3) is 5.91 Å². The molecule has 0 unspecified atom stereocenters. The van der Waals surface area contributed by atoms with E-state index in [9.17, 15) is 14.0 Å². The Morgan fingerprint density at radius 2 is 1.61 bits per heavy atom. The molecule has 0 aliphatic rings. The van der Waals surface area contributed by atoms with E-state index >= 15 is 0 Å². The molecule has 5 nitrogen and oxygen atoms in total. The Bertz CT molecular complexity index is 1130. The maximum absolute atomic E-state index is 13.0. The molecular formula is C23H17ClFN3O2S. The van der Waals surface area contributed by atoms with Gasteiger partial charge in [-0.15, -0.1) is 0 Å². The minimum Gasteiger partial charge on any atom is -0.332 e. The van der Waals surface area contributed by atoms with Gasteiger partial charge in [0, 0.05) is 28.0 Å². The van der Waals surface area contributed by atoms with Crippen LogP contribution in [-0.2, 0) is 4.79 Å². The van der Waals surface area contributed by atoms with Crippen molar-refractivity contribution in [1.29, 1.82) is 0 Å². The Morgan fingerprint density at radius 1 is 0.903 bits per heavy atom. The molecule has 0 atom stereocenters. The molecule has 3 aromatic rings. The van der Waals surface area contributed by atoms with Gasteiger partial charge >= 0.3 is 0 Å². The van der Waals surface area contributed by atoms with Crippen LogP contribution >= 0.6 is 23.8 Å². The zero-order chi connectivity index (χ0) is 22.2. The van der Waals surface area contributed by atoms with Gasteiger partial charge < -0.3 is 10.6 Å². The smallest absolute Gasteiger partial charge is 0.255 e. The Hall–Kier alpha value is -3.55. The van der Waals surface area contributed by atoms with Gasteiger partial charge in [-0.2, -0.15) is 0 Å². The van der Waals surface area contributed by atoms with Gasteiger partial charge in [-0.3, -0.25) is 14.9 Å². The van der Waals surface area contributed by atoms with Gasteiger partial charge in [-0.25, -0.2) is 4.39 Å². The van der Waals surface area contributed by atoms with Gasteiger partial charge in [0.2, 0.25) is 5.91 Å². The summed E-state index contributed by atoms with van der Waals surface area (Å²) in [6, 6.07) is 19.1. The summed E-state index contributed by atoms with van der Waals surface area (Å²) in [5.74, 6) is -1.16. The summed E-state index contributed by atoms with van der Waals surface area (Å²) in [7, 11) is 0. The zero-order valence-corrected chi connectivity index (χ0v) is 17.6. The van der Waals surface area contributed by atoms with E-state index in [1.54, 1.807) is 54.6 Å². The molecule has 3 rings (SSSR count). The molecule has 2 amide bonds. The molecule has 8 heteroatoms. The summed E-state index contributed by atoms with van der Waals surface area (Å²) >= 11 is 11.0. The zero-order valence-electron chi connectivity index (χ0n) is 16.1. The minimum atomic E-state index is -0.405. The Labute approximate surface area is 188 Å². The summed E-state index contributed by atoms with van der Waals surface area (Å²) in [5, 5.41) is 8.78. The van der Waals surface area contributed by atoms with Gasteiger partial charge in [-0.1, -0.05) is 29.8 Å². The van der Waals surface area contributed by atoms with E-state index in [2.05, 4.69) is 16.0 Å². The first-order valence-corrected chi connectivity index (χ1v) is 9.90. The maximum Gasteiger partial charge on any atom is 0.255 e. The number of halogens is 2. The summed E-state index contributed by atoms with van der Waals surface area (Å²) in [6.07, 6.45) is 2.98. The van der Waals surface area contributed by atoms with E-state index in [0.717, 1.165) is 5.56 Å². The third kappa shape index (κ3) is 7.02. The van der Waals surface area contributed by atoms with Crippen molar-refractivity contribution in [3.8, 4) is 0 Å². The molecule has 0 spiro atoms. The molecule has 0 fully saturated rings. The van der Waals surface area contributed by atoms with Crippen molar-refractivity contribution in [2.24, 2.45) is 0 Å². The van der Waals surface area contributed by atoms with Crippen LogP contribution in [0.2, 0.25) is 5.02 Å². The lowest BCUT2D eigenvalue weighted by Gasteiger charge is -2.10. The van der Waals surface area contributed by atoms with Crippen LogP contribution in [0.5, 0.6) is 0 Å². The number of benzene rings is 3. The lowest BCUT2D eigenvalue weighted by molar-refractivity contribution is -0.115. The molecule has 0 saturated heterocycles. The number of carbonyl (C=O) groups excluding carboxylic acids is 2. The van der Waals surface area contributed by atoms with Crippen molar-refractivity contribution >= 4 is 58.2 Å². The average Bonchev–Trinajstić information content (AvgIpc) is 2.75. The van der Waals surface area contributed by atoms with E-state index in [1.807, 2.05) is 0 Å². The summed E-state index contributed by atoms with van der Waals surface area (Å²) < 4.78 is 13.0. The van der Waals surface area contributed by atoms with Gasteiger partial charge in [0.1, 0.15) is 5.82 Å². The lowest BCUT2D eigenvalue weighted by atomic mass is 10.2. The van der Waals surface area contributed by atoms with Crippen LogP contribution in [0.3, 0.4) is 0 Å². The molecule has 0 aromatic heterocycles. The average molecular weight is 454 g/mol. The molecular weight excluding hydrogens is 437 g/mol. The first-order chi connectivity index (χ1) is 14.9. The third-order valence-corrected chi connectivity index (χ3v) is 4.47. The van der Waals surface area contributed by atoms with E-state index in [0.29, 0.717) is 22.0 Å². The summed E-state index contributed by atoms with van der Waals surface area (Å²) in [4.78, 5) is 24.4. The monoisotopic (exact) mass is 453 g/mol. The number of nitrogens with one attached hydrogen (secondary N) is 3. The van der Waals surface area contributed by atoms with Crippen LogP contribution in [0.25, 0.3) is 6.08 Å². The van der Waals surface area contributed by atoms with Crippen LogP contribution in [0.4, 0.5) is 15.8 Å². The summed E-state index contributed by atoms with van der Waals surface area (Å²) in [6.45, 7) is 0. The number of anilines is 2. The molecule has 0 saturated carbocycles. The fraction of sp³-hybridized carbons (Fsp3) is 0. The Balaban J connectivity index is 1.56. The molecule has 31 heavy (non-hydrogen) atoms. The van der Waals surface area contributed by atoms with Crippen molar-refractivity contribution in [3.05, 3.63) is 101 Å². The quantitative estimate of drug-likeness (QED) is 0.364. The van der Waals surface area contributed by atoms with Crippen LogP contribution in [-0.4, -0.2) is 16.9 Å². The topological polar surface area (TPSA) is 70.2 Å². The predicted octanol–water partition coefficient (Wildman–Crippen LogP) is 5.26. The highest BCUT2D eigenvalue weighted by Gasteiger charge is 2.08.